The molecule has 2 aromatic carbocycles. The van der Waals surface area contributed by atoms with Crippen molar-refractivity contribution in [2.45, 2.75) is 31.7 Å². The lowest BCUT2D eigenvalue weighted by Crippen LogP contribution is -2.50. The van der Waals surface area contributed by atoms with Gasteiger partial charge in [-0.05, 0) is 43.0 Å². The highest BCUT2D eigenvalue weighted by Crippen LogP contribution is 2.32. The zero-order valence-corrected chi connectivity index (χ0v) is 15.6. The van der Waals surface area contributed by atoms with Gasteiger partial charge in [-0.2, -0.15) is 0 Å². The van der Waals surface area contributed by atoms with Crippen LogP contribution in [0.5, 0.6) is 5.75 Å². The molecule has 2 amide bonds. The molecule has 2 heterocycles. The van der Waals surface area contributed by atoms with Gasteiger partial charge in [0.15, 0.2) is 0 Å². The fourth-order valence-corrected chi connectivity index (χ4v) is 4.17. The van der Waals surface area contributed by atoms with E-state index < -0.39 is 0 Å². The number of nitrogens with zero attached hydrogens (tertiary/aromatic N) is 2. The third-order valence-electron chi connectivity index (χ3n) is 5.58. The second-order valence-corrected chi connectivity index (χ2v) is 7.12. The van der Waals surface area contributed by atoms with Crippen molar-refractivity contribution >= 4 is 17.5 Å². The van der Waals surface area contributed by atoms with Gasteiger partial charge >= 0.3 is 0 Å². The van der Waals surface area contributed by atoms with Gasteiger partial charge in [-0.15, -0.1) is 0 Å². The molecule has 1 fully saturated rings. The Kier molecular flexibility index (Phi) is 4.84. The second kappa shape index (κ2) is 7.43. The van der Waals surface area contributed by atoms with E-state index in [0.29, 0.717) is 30.8 Å². The van der Waals surface area contributed by atoms with Crippen LogP contribution in [0.4, 0.5) is 5.69 Å². The topological polar surface area (TPSA) is 49.9 Å². The van der Waals surface area contributed by atoms with Crippen LogP contribution < -0.4 is 9.64 Å². The molecular formula is C22H24N2O3. The maximum Gasteiger partial charge on any atom is 0.257 e. The van der Waals surface area contributed by atoms with Crippen LogP contribution >= 0.6 is 0 Å². The summed E-state index contributed by atoms with van der Waals surface area (Å²) < 4.78 is 5.33. The van der Waals surface area contributed by atoms with Crippen LogP contribution in [0.2, 0.25) is 0 Å². The Morgan fingerprint density at radius 1 is 1.00 bits per heavy atom. The number of fused-ring (bicyclic) bond motifs is 1. The summed E-state index contributed by atoms with van der Waals surface area (Å²) in [6.07, 6.45) is 2.97. The summed E-state index contributed by atoms with van der Waals surface area (Å²) in [6.45, 7) is 1.29. The molecule has 0 spiro atoms. The number of hydrogen-bond acceptors (Lipinski definition) is 3. The number of piperidine rings is 1. The number of hydrogen-bond donors (Lipinski definition) is 0. The first-order valence-corrected chi connectivity index (χ1v) is 9.51. The lowest BCUT2D eigenvalue weighted by Gasteiger charge is -2.41. The zero-order chi connectivity index (χ0) is 18.8. The molecule has 0 unspecified atom stereocenters. The Labute approximate surface area is 159 Å². The number of carbonyl (C=O) groups is 2. The van der Waals surface area contributed by atoms with E-state index >= 15 is 0 Å². The zero-order valence-electron chi connectivity index (χ0n) is 15.6. The predicted molar refractivity (Wildman–Crippen MR) is 104 cm³/mol. The molecule has 140 valence electrons. The quantitative estimate of drug-likeness (QED) is 0.840. The van der Waals surface area contributed by atoms with Crippen molar-refractivity contribution in [2.24, 2.45) is 0 Å². The van der Waals surface area contributed by atoms with Gasteiger partial charge in [-0.25, -0.2) is 0 Å². The van der Waals surface area contributed by atoms with Crippen LogP contribution in [0.1, 0.15) is 35.2 Å². The van der Waals surface area contributed by atoms with E-state index in [1.165, 1.54) is 5.56 Å². The Morgan fingerprint density at radius 3 is 2.48 bits per heavy atom. The van der Waals surface area contributed by atoms with Crippen molar-refractivity contribution < 1.29 is 14.3 Å². The van der Waals surface area contributed by atoms with Gasteiger partial charge in [0.2, 0.25) is 5.91 Å². The normalized spacial score (nSPS) is 17.6. The van der Waals surface area contributed by atoms with Crippen LogP contribution in [0, 0.1) is 0 Å². The van der Waals surface area contributed by atoms with E-state index in [4.69, 9.17) is 4.74 Å². The predicted octanol–water partition coefficient (Wildman–Crippen LogP) is 3.28. The van der Waals surface area contributed by atoms with E-state index in [1.807, 2.05) is 46.2 Å². The first kappa shape index (κ1) is 17.6. The standard InChI is InChI=1S/C22H24N2O3/c1-27-20-9-5-3-7-18(20)22(26)23-14-12-17(13-15-23)24-19-8-4-2-6-16(19)10-11-21(24)25/h2-9,17H,10-15H2,1H3. The van der Waals surface area contributed by atoms with Gasteiger partial charge in [0, 0.05) is 31.2 Å². The summed E-state index contributed by atoms with van der Waals surface area (Å²) in [5.74, 6) is 0.796. The maximum absolute atomic E-state index is 12.9. The first-order valence-electron chi connectivity index (χ1n) is 9.51. The molecule has 0 saturated carbocycles. The Bertz CT molecular complexity index is 856. The summed E-state index contributed by atoms with van der Waals surface area (Å²) in [5, 5.41) is 0. The summed E-state index contributed by atoms with van der Waals surface area (Å²) in [7, 11) is 1.58. The largest absolute Gasteiger partial charge is 0.496 e. The third kappa shape index (κ3) is 3.29. The van der Waals surface area contributed by atoms with E-state index in [-0.39, 0.29) is 17.9 Å². The Morgan fingerprint density at radius 2 is 1.70 bits per heavy atom. The summed E-state index contributed by atoms with van der Waals surface area (Å²) in [6, 6.07) is 15.6. The lowest BCUT2D eigenvalue weighted by molar-refractivity contribution is -0.119. The number of amides is 2. The number of anilines is 1. The molecular weight excluding hydrogens is 340 g/mol. The second-order valence-electron chi connectivity index (χ2n) is 7.12. The first-order chi connectivity index (χ1) is 13.2. The molecule has 5 heteroatoms. The highest BCUT2D eigenvalue weighted by molar-refractivity contribution is 5.98. The number of benzene rings is 2. The molecule has 1 saturated heterocycles. The molecule has 4 rings (SSSR count). The van der Waals surface area contributed by atoms with Crippen molar-refractivity contribution in [3.05, 3.63) is 59.7 Å². The SMILES string of the molecule is COc1ccccc1C(=O)N1CCC(N2C(=O)CCc3ccccc32)CC1. The molecule has 5 nitrogen and oxygen atoms in total. The number of para-hydroxylation sites is 2. The fourth-order valence-electron chi connectivity index (χ4n) is 4.17. The molecule has 0 radical (unpaired) electrons. The third-order valence-corrected chi connectivity index (χ3v) is 5.58. The molecule has 0 aliphatic carbocycles. The summed E-state index contributed by atoms with van der Waals surface area (Å²) in [5.41, 5.74) is 2.88. The summed E-state index contributed by atoms with van der Waals surface area (Å²) in [4.78, 5) is 29.3. The van der Waals surface area contributed by atoms with Gasteiger partial charge in [-0.3, -0.25) is 9.59 Å². The van der Waals surface area contributed by atoms with Crippen LogP contribution in [-0.4, -0.2) is 43.0 Å². The average molecular weight is 364 g/mol. The highest BCUT2D eigenvalue weighted by Gasteiger charge is 2.34. The van der Waals surface area contributed by atoms with Crippen molar-refractivity contribution in [1.29, 1.82) is 0 Å². The number of aryl methyl sites for hydroxylation is 1. The minimum absolute atomic E-state index is 0.00345. The van der Waals surface area contributed by atoms with Crippen LogP contribution in [-0.2, 0) is 11.2 Å². The molecule has 2 aliphatic rings. The molecule has 2 aromatic rings. The Balaban J connectivity index is 1.48. The van der Waals surface area contributed by atoms with Gasteiger partial charge in [0.1, 0.15) is 5.75 Å². The smallest absolute Gasteiger partial charge is 0.257 e. The van der Waals surface area contributed by atoms with E-state index in [2.05, 4.69) is 6.07 Å². The lowest BCUT2D eigenvalue weighted by atomic mass is 9.95. The van der Waals surface area contributed by atoms with Gasteiger partial charge in [0.25, 0.3) is 5.91 Å². The number of rotatable bonds is 3. The monoisotopic (exact) mass is 364 g/mol. The van der Waals surface area contributed by atoms with Crippen molar-refractivity contribution in [3.8, 4) is 5.75 Å². The van der Waals surface area contributed by atoms with E-state index in [9.17, 15) is 9.59 Å². The highest BCUT2D eigenvalue weighted by atomic mass is 16.5. The number of carbonyl (C=O) groups excluding carboxylic acids is 2. The van der Waals surface area contributed by atoms with Crippen LogP contribution in [0.25, 0.3) is 0 Å². The molecule has 0 bridgehead atoms. The number of likely N-dealkylation sites (tertiary alicyclic amines) is 1. The van der Waals surface area contributed by atoms with E-state index in [1.54, 1.807) is 13.2 Å². The van der Waals surface area contributed by atoms with Crippen LogP contribution in [0.3, 0.4) is 0 Å². The summed E-state index contributed by atoms with van der Waals surface area (Å²) >= 11 is 0. The molecule has 0 aromatic heterocycles. The van der Waals surface area contributed by atoms with Gasteiger partial charge in [0.05, 0.1) is 12.7 Å². The van der Waals surface area contributed by atoms with Crippen LogP contribution in [0.15, 0.2) is 48.5 Å². The Hall–Kier alpha value is -2.82. The minimum atomic E-state index is -0.00345. The van der Waals surface area contributed by atoms with E-state index in [0.717, 1.165) is 24.9 Å². The maximum atomic E-state index is 12.9. The molecule has 2 aliphatic heterocycles. The molecule has 27 heavy (non-hydrogen) atoms. The van der Waals surface area contributed by atoms with Gasteiger partial charge in [-0.1, -0.05) is 30.3 Å². The average Bonchev–Trinajstić information content (AvgIpc) is 2.73. The fraction of sp³-hybridized carbons (Fsp3) is 0.364. The van der Waals surface area contributed by atoms with Crippen molar-refractivity contribution in [3.63, 3.8) is 0 Å². The molecule has 0 atom stereocenters. The van der Waals surface area contributed by atoms with Crippen molar-refractivity contribution in [1.82, 2.24) is 4.90 Å². The van der Waals surface area contributed by atoms with Crippen molar-refractivity contribution in [2.75, 3.05) is 25.1 Å². The molecule has 0 N–H and O–H groups in total. The number of ether oxygens (including phenoxy) is 1. The van der Waals surface area contributed by atoms with Gasteiger partial charge < -0.3 is 14.5 Å². The minimum Gasteiger partial charge on any atom is -0.496 e. The number of methoxy groups -OCH3 is 1.